The summed E-state index contributed by atoms with van der Waals surface area (Å²) in [5.41, 5.74) is 1.29. The molecule has 21 heavy (non-hydrogen) atoms. The molecule has 0 aliphatic carbocycles. The lowest BCUT2D eigenvalue weighted by molar-refractivity contribution is 0.0949. The molecule has 106 valence electrons. The second-order valence-corrected chi connectivity index (χ2v) is 4.59. The summed E-state index contributed by atoms with van der Waals surface area (Å²) in [5, 5.41) is 2.79. The number of halogens is 1. The number of fused-ring (bicyclic) bond motifs is 1. The first-order valence-corrected chi connectivity index (χ1v) is 6.55. The van der Waals surface area contributed by atoms with Crippen LogP contribution in [-0.4, -0.2) is 26.8 Å². The molecule has 3 aromatic rings. The number of aromatic nitrogens is 3. The summed E-state index contributed by atoms with van der Waals surface area (Å²) in [5.74, 6) is -0.0243. The first kappa shape index (κ1) is 13.2. The second kappa shape index (κ2) is 5.70. The van der Waals surface area contributed by atoms with E-state index in [9.17, 15) is 9.18 Å². The van der Waals surface area contributed by atoms with E-state index in [1.54, 1.807) is 41.2 Å². The summed E-state index contributed by atoms with van der Waals surface area (Å²) >= 11 is 0. The van der Waals surface area contributed by atoms with Crippen LogP contribution >= 0.6 is 0 Å². The smallest absolute Gasteiger partial charge is 0.271 e. The number of amides is 1. The van der Waals surface area contributed by atoms with Crippen molar-refractivity contribution in [3.63, 3.8) is 0 Å². The van der Waals surface area contributed by atoms with E-state index in [1.807, 2.05) is 0 Å². The molecule has 0 bridgehead atoms. The molecule has 6 heteroatoms. The lowest BCUT2D eigenvalue weighted by atomic mass is 10.1. The van der Waals surface area contributed by atoms with Gasteiger partial charge in [-0.3, -0.25) is 9.20 Å². The van der Waals surface area contributed by atoms with Crippen LogP contribution in [0.1, 0.15) is 16.1 Å². The average molecular weight is 284 g/mol. The van der Waals surface area contributed by atoms with Crippen molar-refractivity contribution in [1.82, 2.24) is 19.7 Å². The summed E-state index contributed by atoms with van der Waals surface area (Å²) in [4.78, 5) is 20.2. The molecule has 0 aliphatic heterocycles. The molecule has 0 radical (unpaired) electrons. The normalized spacial score (nSPS) is 10.7. The van der Waals surface area contributed by atoms with Crippen molar-refractivity contribution >= 4 is 11.7 Å². The maximum Gasteiger partial charge on any atom is 0.271 e. The second-order valence-electron chi connectivity index (χ2n) is 4.59. The number of benzene rings is 1. The Labute approximate surface area is 120 Å². The van der Waals surface area contributed by atoms with Crippen LogP contribution < -0.4 is 5.32 Å². The Balaban J connectivity index is 1.60. The Morgan fingerprint density at radius 3 is 2.86 bits per heavy atom. The number of nitrogens with zero attached hydrogens (tertiary/aromatic N) is 3. The number of carbonyl (C=O) groups is 1. The molecule has 0 saturated heterocycles. The Kier molecular flexibility index (Phi) is 3.59. The van der Waals surface area contributed by atoms with E-state index in [-0.39, 0.29) is 11.7 Å². The van der Waals surface area contributed by atoms with E-state index in [0.29, 0.717) is 24.4 Å². The third-order valence-corrected chi connectivity index (χ3v) is 3.08. The standard InChI is InChI=1S/C15H13FN4O/c16-12-4-2-11(3-5-12)6-8-17-14(21)13-10-20-9-1-7-18-15(20)19-13/h1-5,7,9-10H,6,8H2,(H,17,21). The number of imidazole rings is 1. The lowest BCUT2D eigenvalue weighted by Gasteiger charge is -2.03. The number of nitrogens with one attached hydrogen (secondary N) is 1. The van der Waals surface area contributed by atoms with E-state index < -0.39 is 0 Å². The van der Waals surface area contributed by atoms with Crippen molar-refractivity contribution in [3.05, 3.63) is 66.0 Å². The van der Waals surface area contributed by atoms with Gasteiger partial charge < -0.3 is 5.32 Å². The molecule has 0 spiro atoms. The molecule has 1 aromatic carbocycles. The van der Waals surface area contributed by atoms with Crippen molar-refractivity contribution < 1.29 is 9.18 Å². The van der Waals surface area contributed by atoms with Crippen LogP contribution in [0, 0.1) is 5.82 Å². The molecule has 2 heterocycles. The average Bonchev–Trinajstić information content (AvgIpc) is 2.93. The minimum Gasteiger partial charge on any atom is -0.350 e. The topological polar surface area (TPSA) is 59.3 Å². The highest BCUT2D eigenvalue weighted by Gasteiger charge is 2.10. The molecule has 5 nitrogen and oxygen atoms in total. The lowest BCUT2D eigenvalue weighted by Crippen LogP contribution is -2.25. The maximum absolute atomic E-state index is 12.8. The fraction of sp³-hybridized carbons (Fsp3) is 0.133. The van der Waals surface area contributed by atoms with Gasteiger partial charge in [-0.25, -0.2) is 14.4 Å². The first-order valence-electron chi connectivity index (χ1n) is 6.55. The van der Waals surface area contributed by atoms with Gasteiger partial charge in [0.05, 0.1) is 0 Å². The summed E-state index contributed by atoms with van der Waals surface area (Å²) in [7, 11) is 0. The fourth-order valence-corrected chi connectivity index (χ4v) is 2.00. The summed E-state index contributed by atoms with van der Waals surface area (Å²) in [6.07, 6.45) is 5.68. The Morgan fingerprint density at radius 2 is 2.10 bits per heavy atom. The Morgan fingerprint density at radius 1 is 1.29 bits per heavy atom. The molecule has 3 rings (SSSR count). The predicted octanol–water partition coefficient (Wildman–Crippen LogP) is 1.84. The molecule has 0 atom stereocenters. The van der Waals surface area contributed by atoms with Gasteiger partial charge in [0.2, 0.25) is 5.78 Å². The Bertz CT molecular complexity index is 734. The fourth-order valence-electron chi connectivity index (χ4n) is 2.00. The van der Waals surface area contributed by atoms with Crippen LogP contribution in [0.4, 0.5) is 4.39 Å². The van der Waals surface area contributed by atoms with Crippen LogP contribution in [0.2, 0.25) is 0 Å². The third-order valence-electron chi connectivity index (χ3n) is 3.08. The van der Waals surface area contributed by atoms with Crippen molar-refractivity contribution in [2.24, 2.45) is 0 Å². The molecule has 0 aliphatic rings. The van der Waals surface area contributed by atoms with Crippen molar-refractivity contribution in [3.8, 4) is 0 Å². The molecule has 2 aromatic heterocycles. The third kappa shape index (κ3) is 3.05. The highest BCUT2D eigenvalue weighted by molar-refractivity contribution is 5.92. The van der Waals surface area contributed by atoms with Crippen molar-refractivity contribution in [1.29, 1.82) is 0 Å². The number of rotatable bonds is 4. The minimum absolute atomic E-state index is 0.248. The van der Waals surface area contributed by atoms with Crippen LogP contribution in [0.3, 0.4) is 0 Å². The molecule has 0 unspecified atom stereocenters. The van der Waals surface area contributed by atoms with E-state index in [4.69, 9.17) is 0 Å². The van der Waals surface area contributed by atoms with Gasteiger partial charge in [0.25, 0.3) is 5.91 Å². The highest BCUT2D eigenvalue weighted by atomic mass is 19.1. The van der Waals surface area contributed by atoms with E-state index in [0.717, 1.165) is 5.56 Å². The van der Waals surface area contributed by atoms with Gasteiger partial charge in [-0.05, 0) is 30.2 Å². The van der Waals surface area contributed by atoms with Gasteiger partial charge in [0.15, 0.2) is 0 Å². The van der Waals surface area contributed by atoms with Gasteiger partial charge in [-0.1, -0.05) is 12.1 Å². The monoisotopic (exact) mass is 284 g/mol. The molecule has 1 amide bonds. The zero-order valence-corrected chi connectivity index (χ0v) is 11.2. The first-order chi connectivity index (χ1) is 10.2. The van der Waals surface area contributed by atoms with Gasteiger partial charge in [-0.2, -0.15) is 0 Å². The van der Waals surface area contributed by atoms with Gasteiger partial charge in [0, 0.05) is 25.1 Å². The van der Waals surface area contributed by atoms with Crippen LogP contribution in [0.5, 0.6) is 0 Å². The largest absolute Gasteiger partial charge is 0.350 e. The molecule has 0 saturated carbocycles. The number of hydrogen-bond donors (Lipinski definition) is 1. The van der Waals surface area contributed by atoms with E-state index in [2.05, 4.69) is 15.3 Å². The zero-order valence-electron chi connectivity index (χ0n) is 11.2. The van der Waals surface area contributed by atoms with E-state index >= 15 is 0 Å². The van der Waals surface area contributed by atoms with Crippen molar-refractivity contribution in [2.45, 2.75) is 6.42 Å². The number of carbonyl (C=O) groups excluding carboxylic acids is 1. The SMILES string of the molecule is O=C(NCCc1ccc(F)cc1)c1cn2cccnc2n1. The zero-order chi connectivity index (χ0) is 14.7. The number of hydrogen-bond acceptors (Lipinski definition) is 3. The highest BCUT2D eigenvalue weighted by Crippen LogP contribution is 2.04. The van der Waals surface area contributed by atoms with Crippen LogP contribution in [0.15, 0.2) is 48.9 Å². The van der Waals surface area contributed by atoms with Crippen LogP contribution in [0.25, 0.3) is 5.78 Å². The van der Waals surface area contributed by atoms with Crippen LogP contribution in [-0.2, 0) is 6.42 Å². The predicted molar refractivity (Wildman–Crippen MR) is 75.4 cm³/mol. The molecule has 0 fully saturated rings. The minimum atomic E-state index is -0.264. The van der Waals surface area contributed by atoms with Gasteiger partial charge >= 0.3 is 0 Å². The molecular weight excluding hydrogens is 271 g/mol. The quantitative estimate of drug-likeness (QED) is 0.795. The summed E-state index contributed by atoms with van der Waals surface area (Å²) < 4.78 is 14.5. The van der Waals surface area contributed by atoms with Gasteiger partial charge in [-0.15, -0.1) is 0 Å². The maximum atomic E-state index is 12.8. The van der Waals surface area contributed by atoms with Gasteiger partial charge in [0.1, 0.15) is 11.5 Å². The van der Waals surface area contributed by atoms with Crippen molar-refractivity contribution in [2.75, 3.05) is 6.54 Å². The molecular formula is C15H13FN4O. The van der Waals surface area contributed by atoms with E-state index in [1.165, 1.54) is 12.1 Å². The molecule has 1 N–H and O–H groups in total. The summed E-state index contributed by atoms with van der Waals surface area (Å²) in [6, 6.07) is 7.99. The summed E-state index contributed by atoms with van der Waals surface area (Å²) in [6.45, 7) is 0.464. The Hall–Kier alpha value is -2.76.